The maximum Gasteiger partial charge on any atom is 0.511 e. The predicted octanol–water partition coefficient (Wildman–Crippen LogP) is 4.62. The third kappa shape index (κ3) is 10.1. The number of rotatable bonds is 16. The number of carbonyl (C=O) groups excluding carboxylic acids is 3. The number of carbonyl (C=O) groups is 3. The van der Waals surface area contributed by atoms with Gasteiger partial charge in [0.15, 0.2) is 0 Å². The Hall–Kier alpha value is -2.34. The minimum absolute atomic E-state index is 0.0302. The van der Waals surface area contributed by atoms with E-state index in [1.807, 2.05) is 30.3 Å². The maximum atomic E-state index is 13.8. The molecule has 0 saturated heterocycles. The molecule has 3 atom stereocenters. The number of esters is 1. The zero-order valence-corrected chi connectivity index (χ0v) is 24.4. The fourth-order valence-corrected chi connectivity index (χ4v) is 6.58. The number of benzene rings is 2. The molecule has 3 N–H and O–H groups in total. The van der Waals surface area contributed by atoms with E-state index in [0.29, 0.717) is 12.2 Å². The van der Waals surface area contributed by atoms with Crippen LogP contribution in [0.2, 0.25) is 0 Å². The van der Waals surface area contributed by atoms with E-state index in [2.05, 4.69) is 11.6 Å². The summed E-state index contributed by atoms with van der Waals surface area (Å²) in [6.07, 6.45) is 2.29. The second-order valence-electron chi connectivity index (χ2n) is 8.31. The third-order valence-electron chi connectivity index (χ3n) is 5.47. The van der Waals surface area contributed by atoms with Crippen molar-refractivity contribution in [2.24, 2.45) is 11.7 Å². The van der Waals surface area contributed by atoms with Crippen LogP contribution in [0.4, 0.5) is 4.79 Å². The van der Waals surface area contributed by atoms with Gasteiger partial charge in [0, 0.05) is 23.1 Å². The van der Waals surface area contributed by atoms with Gasteiger partial charge in [-0.1, -0.05) is 82.3 Å². The summed E-state index contributed by atoms with van der Waals surface area (Å²) in [7, 11) is 4.33. The van der Waals surface area contributed by atoms with Crippen molar-refractivity contribution in [2.45, 2.75) is 31.5 Å². The smallest absolute Gasteiger partial charge is 0.464 e. The zero-order chi connectivity index (χ0) is 27.8. The first-order valence-corrected chi connectivity index (χ1v) is 16.1. The molecule has 8 nitrogen and oxygen atoms in total. The first-order chi connectivity index (χ1) is 18.4. The molecule has 2 aromatic carbocycles. The van der Waals surface area contributed by atoms with Crippen LogP contribution < -0.4 is 11.1 Å². The lowest BCUT2D eigenvalue weighted by Crippen LogP contribution is -2.57. The van der Waals surface area contributed by atoms with Gasteiger partial charge >= 0.3 is 17.8 Å². The highest BCUT2D eigenvalue weighted by Gasteiger charge is 2.49. The molecule has 0 saturated carbocycles. The van der Waals surface area contributed by atoms with E-state index in [1.165, 1.54) is 0 Å². The number of amides is 1. The molecule has 0 heterocycles. The molecule has 0 aliphatic heterocycles. The van der Waals surface area contributed by atoms with Crippen LogP contribution in [0.25, 0.3) is 0 Å². The van der Waals surface area contributed by atoms with E-state index < -0.39 is 29.7 Å². The molecular weight excluding hydrogens is 545 g/mol. The molecule has 208 valence electrons. The van der Waals surface area contributed by atoms with Crippen LogP contribution in [-0.4, -0.2) is 61.3 Å². The van der Waals surface area contributed by atoms with Crippen molar-refractivity contribution in [1.29, 1.82) is 0 Å². The summed E-state index contributed by atoms with van der Waals surface area (Å²) in [6.45, 7) is 1.64. The molecule has 0 radical (unpaired) electrons. The summed E-state index contributed by atoms with van der Waals surface area (Å²) in [5, 5.41) is 2.70. The normalized spacial score (nSPS) is 14.0. The lowest BCUT2D eigenvalue weighted by molar-refractivity contribution is -0.174. The standard InChI is InChI=1S/C27H36N2O6S3/c1-4-34-26(32)35-27(25(31)33-2,22-13-9-6-10-14-22)29-24(30)21(17-20-11-7-5-8-12-20)18-37-38-19-23(28)15-16-36-3/h5-14,21,23H,4,15-19,28H2,1-3H3,(H,29,30). The van der Waals surface area contributed by atoms with Crippen molar-refractivity contribution in [2.75, 3.05) is 37.2 Å². The van der Waals surface area contributed by atoms with Gasteiger partial charge in [-0.2, -0.15) is 11.8 Å². The van der Waals surface area contributed by atoms with Crippen molar-refractivity contribution >= 4 is 51.4 Å². The van der Waals surface area contributed by atoms with Crippen molar-refractivity contribution in [3.63, 3.8) is 0 Å². The van der Waals surface area contributed by atoms with Crippen molar-refractivity contribution < 1.29 is 28.6 Å². The molecule has 0 aliphatic carbocycles. The van der Waals surface area contributed by atoms with Crippen LogP contribution in [0.1, 0.15) is 24.5 Å². The number of hydrogen-bond donors (Lipinski definition) is 2. The third-order valence-corrected chi connectivity index (χ3v) is 8.70. The Labute approximate surface area is 236 Å². The van der Waals surface area contributed by atoms with Crippen LogP contribution in [-0.2, 0) is 35.9 Å². The van der Waals surface area contributed by atoms with Gasteiger partial charge in [-0.25, -0.2) is 9.59 Å². The molecule has 2 rings (SSSR count). The first-order valence-electron chi connectivity index (χ1n) is 12.2. The molecule has 0 aromatic heterocycles. The number of nitrogens with one attached hydrogen (secondary N) is 1. The fraction of sp³-hybridized carbons (Fsp3) is 0.444. The van der Waals surface area contributed by atoms with Gasteiger partial charge in [-0.3, -0.25) is 4.79 Å². The minimum Gasteiger partial charge on any atom is -0.464 e. The molecule has 3 unspecified atom stereocenters. The molecule has 1 amide bonds. The molecule has 0 aliphatic rings. The van der Waals surface area contributed by atoms with E-state index in [9.17, 15) is 14.4 Å². The average molecular weight is 581 g/mol. The Morgan fingerprint density at radius 3 is 2.24 bits per heavy atom. The molecule has 0 bridgehead atoms. The maximum absolute atomic E-state index is 13.8. The van der Waals surface area contributed by atoms with E-state index in [1.54, 1.807) is 70.6 Å². The molecule has 2 aromatic rings. The largest absolute Gasteiger partial charge is 0.511 e. The van der Waals surface area contributed by atoms with Gasteiger partial charge in [0.2, 0.25) is 5.91 Å². The van der Waals surface area contributed by atoms with E-state index >= 15 is 0 Å². The predicted molar refractivity (Wildman–Crippen MR) is 156 cm³/mol. The molecule has 0 fully saturated rings. The highest BCUT2D eigenvalue weighted by atomic mass is 33.1. The Bertz CT molecular complexity index is 999. The quantitative estimate of drug-likeness (QED) is 0.126. The lowest BCUT2D eigenvalue weighted by Gasteiger charge is -2.32. The summed E-state index contributed by atoms with van der Waals surface area (Å²) in [5.41, 5.74) is 5.17. The Morgan fingerprint density at radius 2 is 1.63 bits per heavy atom. The van der Waals surface area contributed by atoms with Crippen LogP contribution in [0.5, 0.6) is 0 Å². The van der Waals surface area contributed by atoms with Crippen LogP contribution in [0.3, 0.4) is 0 Å². The van der Waals surface area contributed by atoms with Gasteiger partial charge in [0.05, 0.1) is 19.6 Å². The molecule has 0 spiro atoms. The topological polar surface area (TPSA) is 117 Å². The average Bonchev–Trinajstić information content (AvgIpc) is 2.93. The summed E-state index contributed by atoms with van der Waals surface area (Å²) >= 11 is 1.76. The van der Waals surface area contributed by atoms with Gasteiger partial charge in [0.1, 0.15) is 0 Å². The highest BCUT2D eigenvalue weighted by molar-refractivity contribution is 8.76. The fourth-order valence-electron chi connectivity index (χ4n) is 3.48. The second kappa shape index (κ2) is 17.3. The number of nitrogens with two attached hydrogens (primary N) is 1. The summed E-state index contributed by atoms with van der Waals surface area (Å²) < 4.78 is 15.4. The molecule has 11 heteroatoms. The lowest BCUT2D eigenvalue weighted by atomic mass is 9.97. The Morgan fingerprint density at radius 1 is 1.00 bits per heavy atom. The van der Waals surface area contributed by atoms with E-state index in [4.69, 9.17) is 19.9 Å². The van der Waals surface area contributed by atoms with Gasteiger partial charge in [0.25, 0.3) is 0 Å². The second-order valence-corrected chi connectivity index (χ2v) is 11.8. The van der Waals surface area contributed by atoms with Crippen LogP contribution in [0.15, 0.2) is 60.7 Å². The van der Waals surface area contributed by atoms with Gasteiger partial charge in [-0.05, 0) is 37.3 Å². The van der Waals surface area contributed by atoms with Crippen molar-refractivity contribution in [1.82, 2.24) is 5.32 Å². The molecule has 38 heavy (non-hydrogen) atoms. The van der Waals surface area contributed by atoms with E-state index in [0.717, 1.165) is 30.6 Å². The summed E-state index contributed by atoms with van der Waals surface area (Å²) in [5.74, 6) is 0.244. The first kappa shape index (κ1) is 31.9. The number of methoxy groups -OCH3 is 1. The van der Waals surface area contributed by atoms with Gasteiger partial charge < -0.3 is 25.3 Å². The Kier molecular flexibility index (Phi) is 14.5. The molecular formula is C27H36N2O6S3. The minimum atomic E-state index is -2.22. The summed E-state index contributed by atoms with van der Waals surface area (Å²) in [6, 6.07) is 17.9. The van der Waals surface area contributed by atoms with Crippen LogP contribution in [0, 0.1) is 5.92 Å². The van der Waals surface area contributed by atoms with E-state index in [-0.39, 0.29) is 18.2 Å². The van der Waals surface area contributed by atoms with Crippen molar-refractivity contribution in [3.8, 4) is 0 Å². The summed E-state index contributed by atoms with van der Waals surface area (Å²) in [4.78, 5) is 39.3. The monoisotopic (exact) mass is 580 g/mol. The Balaban J connectivity index is 2.30. The number of ether oxygens (including phenoxy) is 3. The highest BCUT2D eigenvalue weighted by Crippen LogP contribution is 2.30. The van der Waals surface area contributed by atoms with Gasteiger partial charge in [-0.15, -0.1) is 0 Å². The zero-order valence-electron chi connectivity index (χ0n) is 21.9. The van der Waals surface area contributed by atoms with Crippen LogP contribution >= 0.6 is 33.3 Å². The number of thioether (sulfide) groups is 1. The SMILES string of the molecule is CCOC(=O)OC(NC(=O)C(CSSCC(N)CCSC)Cc1ccccc1)(C(=O)OC)c1ccccc1. The van der Waals surface area contributed by atoms with Crippen molar-refractivity contribution in [3.05, 3.63) is 71.8 Å². The number of hydrogen-bond acceptors (Lipinski definition) is 10.